The van der Waals surface area contributed by atoms with Crippen LogP contribution in [0, 0.1) is 0 Å². The molecule has 1 heterocycles. The largest absolute Gasteiger partial charge is 0.431 e. The standard InChI is InChI=1S/C23H18F3N3O3S/c24-23(25,26)21-15-20(16-7-3-1-4-8-16)29(27-21)18-11-13-19(14-12-18)33(31,32)28-22(30)17-9-5-2-6-10-17/h1-14,20H,15H2,(H,28,30). The summed E-state index contributed by atoms with van der Waals surface area (Å²) in [6.07, 6.45) is -4.91. The highest BCUT2D eigenvalue weighted by Crippen LogP contribution is 2.39. The number of nitrogens with zero attached hydrogens (tertiary/aromatic N) is 2. The molecule has 33 heavy (non-hydrogen) atoms. The van der Waals surface area contributed by atoms with E-state index in [1.165, 1.54) is 41.4 Å². The highest BCUT2D eigenvalue weighted by Gasteiger charge is 2.43. The van der Waals surface area contributed by atoms with Gasteiger partial charge in [-0.25, -0.2) is 13.1 Å². The van der Waals surface area contributed by atoms with Gasteiger partial charge in [0, 0.05) is 12.0 Å². The lowest BCUT2D eigenvalue weighted by Gasteiger charge is -2.24. The molecule has 1 N–H and O–H groups in total. The number of amides is 1. The molecule has 0 saturated carbocycles. The Morgan fingerprint density at radius 2 is 1.48 bits per heavy atom. The lowest BCUT2D eigenvalue weighted by Crippen LogP contribution is -2.30. The number of sulfonamides is 1. The van der Waals surface area contributed by atoms with Crippen molar-refractivity contribution < 1.29 is 26.4 Å². The Bertz CT molecular complexity index is 1280. The van der Waals surface area contributed by atoms with Gasteiger partial charge in [0.15, 0.2) is 0 Å². The van der Waals surface area contributed by atoms with Gasteiger partial charge in [0.05, 0.1) is 16.6 Å². The van der Waals surface area contributed by atoms with Crippen LogP contribution in [0.25, 0.3) is 0 Å². The number of anilines is 1. The summed E-state index contributed by atoms with van der Waals surface area (Å²) in [5, 5.41) is 5.01. The molecule has 10 heteroatoms. The van der Waals surface area contributed by atoms with Crippen LogP contribution in [-0.2, 0) is 10.0 Å². The second-order valence-corrected chi connectivity index (χ2v) is 9.00. The monoisotopic (exact) mass is 473 g/mol. The van der Waals surface area contributed by atoms with E-state index in [4.69, 9.17) is 0 Å². The number of halogens is 3. The van der Waals surface area contributed by atoms with E-state index in [0.717, 1.165) is 0 Å². The van der Waals surface area contributed by atoms with Crippen molar-refractivity contribution in [2.45, 2.75) is 23.5 Å². The molecule has 0 radical (unpaired) electrons. The molecule has 0 fully saturated rings. The van der Waals surface area contributed by atoms with Crippen molar-refractivity contribution in [2.75, 3.05) is 5.01 Å². The minimum Gasteiger partial charge on any atom is -0.268 e. The van der Waals surface area contributed by atoms with Crippen LogP contribution in [0.4, 0.5) is 18.9 Å². The van der Waals surface area contributed by atoms with Crippen molar-refractivity contribution in [3.05, 3.63) is 96.1 Å². The third kappa shape index (κ3) is 4.90. The molecule has 0 aliphatic carbocycles. The van der Waals surface area contributed by atoms with Crippen molar-refractivity contribution in [3.63, 3.8) is 0 Å². The Morgan fingerprint density at radius 3 is 2.06 bits per heavy atom. The smallest absolute Gasteiger partial charge is 0.268 e. The minimum atomic E-state index is -4.58. The average Bonchev–Trinajstić information content (AvgIpc) is 3.26. The predicted octanol–water partition coefficient (Wildman–Crippen LogP) is 4.68. The topological polar surface area (TPSA) is 78.8 Å². The summed E-state index contributed by atoms with van der Waals surface area (Å²) in [6.45, 7) is 0. The summed E-state index contributed by atoms with van der Waals surface area (Å²) < 4.78 is 67.2. The molecule has 0 aromatic heterocycles. The van der Waals surface area contributed by atoms with Gasteiger partial charge in [-0.3, -0.25) is 9.80 Å². The third-order valence-electron chi connectivity index (χ3n) is 5.10. The molecule has 3 aromatic rings. The first-order chi connectivity index (χ1) is 15.6. The fourth-order valence-electron chi connectivity index (χ4n) is 3.46. The fourth-order valence-corrected chi connectivity index (χ4v) is 4.44. The summed E-state index contributed by atoms with van der Waals surface area (Å²) in [4.78, 5) is 12.0. The van der Waals surface area contributed by atoms with Crippen LogP contribution in [0.2, 0.25) is 0 Å². The summed E-state index contributed by atoms with van der Waals surface area (Å²) >= 11 is 0. The third-order valence-corrected chi connectivity index (χ3v) is 6.44. The number of carbonyl (C=O) groups is 1. The van der Waals surface area contributed by atoms with Gasteiger partial charge in [0.2, 0.25) is 0 Å². The Balaban J connectivity index is 1.60. The normalized spacial score (nSPS) is 16.4. The number of nitrogens with one attached hydrogen (secondary N) is 1. The second kappa shape index (κ2) is 8.70. The molecule has 1 amide bonds. The maximum Gasteiger partial charge on any atom is 0.431 e. The first kappa shape index (κ1) is 22.5. The quantitative estimate of drug-likeness (QED) is 0.584. The molecule has 4 rings (SSSR count). The van der Waals surface area contributed by atoms with E-state index in [9.17, 15) is 26.4 Å². The van der Waals surface area contributed by atoms with Gasteiger partial charge in [0.25, 0.3) is 15.9 Å². The fraction of sp³-hybridized carbons (Fsp3) is 0.130. The molecule has 170 valence electrons. The highest BCUT2D eigenvalue weighted by atomic mass is 32.2. The average molecular weight is 473 g/mol. The Hall–Kier alpha value is -3.66. The SMILES string of the molecule is O=C(NS(=O)(=O)c1ccc(N2N=C(C(F)(F)F)CC2c2ccccc2)cc1)c1ccccc1. The summed E-state index contributed by atoms with van der Waals surface area (Å²) in [6, 6.07) is 21.0. The Kier molecular flexibility index (Phi) is 5.94. The number of hydrogen-bond acceptors (Lipinski definition) is 5. The van der Waals surface area contributed by atoms with Gasteiger partial charge in [-0.05, 0) is 42.0 Å². The van der Waals surface area contributed by atoms with Crippen LogP contribution in [0.15, 0.2) is 94.9 Å². The molecule has 1 aliphatic rings. The van der Waals surface area contributed by atoms with Crippen molar-refractivity contribution in [1.82, 2.24) is 4.72 Å². The lowest BCUT2D eigenvalue weighted by molar-refractivity contribution is -0.0600. The van der Waals surface area contributed by atoms with E-state index in [-0.39, 0.29) is 22.6 Å². The molecule has 0 saturated heterocycles. The Labute approximate surface area is 188 Å². The first-order valence-electron chi connectivity index (χ1n) is 9.86. The van der Waals surface area contributed by atoms with Gasteiger partial charge in [0.1, 0.15) is 5.71 Å². The van der Waals surface area contributed by atoms with Crippen LogP contribution in [0.1, 0.15) is 28.4 Å². The minimum absolute atomic E-state index is 0.175. The van der Waals surface area contributed by atoms with Crippen molar-refractivity contribution >= 4 is 27.3 Å². The molecule has 0 spiro atoms. The summed E-state index contributed by atoms with van der Waals surface area (Å²) in [5.41, 5.74) is 0.196. The van der Waals surface area contributed by atoms with Crippen LogP contribution >= 0.6 is 0 Å². The lowest BCUT2D eigenvalue weighted by atomic mass is 10.0. The van der Waals surface area contributed by atoms with Gasteiger partial charge >= 0.3 is 6.18 Å². The van der Waals surface area contributed by atoms with Gasteiger partial charge in [-0.15, -0.1) is 0 Å². The van der Waals surface area contributed by atoms with Crippen LogP contribution < -0.4 is 9.73 Å². The molecule has 1 atom stereocenters. The summed E-state index contributed by atoms with van der Waals surface area (Å²) in [5.74, 6) is -0.789. The van der Waals surface area contributed by atoms with E-state index in [1.54, 1.807) is 48.5 Å². The van der Waals surface area contributed by atoms with E-state index in [2.05, 4.69) is 5.10 Å². The van der Waals surface area contributed by atoms with Crippen LogP contribution in [0.5, 0.6) is 0 Å². The van der Waals surface area contributed by atoms with E-state index >= 15 is 0 Å². The van der Waals surface area contributed by atoms with E-state index in [0.29, 0.717) is 5.56 Å². The number of hydrazone groups is 1. The number of rotatable bonds is 5. The van der Waals surface area contributed by atoms with Crippen molar-refractivity contribution in [2.24, 2.45) is 5.10 Å². The molecular weight excluding hydrogens is 455 g/mol. The van der Waals surface area contributed by atoms with Crippen LogP contribution in [-0.4, -0.2) is 26.2 Å². The number of benzene rings is 3. The molecule has 1 aliphatic heterocycles. The first-order valence-corrected chi connectivity index (χ1v) is 11.3. The van der Waals surface area contributed by atoms with Crippen LogP contribution in [0.3, 0.4) is 0 Å². The van der Waals surface area contributed by atoms with Crippen molar-refractivity contribution in [3.8, 4) is 0 Å². The highest BCUT2D eigenvalue weighted by molar-refractivity contribution is 7.90. The van der Waals surface area contributed by atoms with Crippen molar-refractivity contribution in [1.29, 1.82) is 0 Å². The maximum atomic E-state index is 13.3. The van der Waals surface area contributed by atoms with Gasteiger partial charge < -0.3 is 0 Å². The molecule has 6 nitrogen and oxygen atoms in total. The molecule has 0 bridgehead atoms. The zero-order valence-electron chi connectivity index (χ0n) is 17.0. The molecular formula is C23H18F3N3O3S. The van der Waals surface area contributed by atoms with Gasteiger partial charge in [-0.1, -0.05) is 48.5 Å². The Morgan fingerprint density at radius 1 is 0.909 bits per heavy atom. The molecule has 3 aromatic carbocycles. The number of hydrogen-bond donors (Lipinski definition) is 1. The van der Waals surface area contributed by atoms with Gasteiger partial charge in [-0.2, -0.15) is 18.3 Å². The summed E-state index contributed by atoms with van der Waals surface area (Å²) in [7, 11) is -4.18. The van der Waals surface area contributed by atoms with E-state index < -0.39 is 33.9 Å². The number of carbonyl (C=O) groups excluding carboxylic acids is 1. The molecule has 1 unspecified atom stereocenters. The zero-order chi connectivity index (χ0) is 23.6. The second-order valence-electron chi connectivity index (χ2n) is 7.31. The predicted molar refractivity (Wildman–Crippen MR) is 117 cm³/mol. The number of alkyl halides is 3. The zero-order valence-corrected chi connectivity index (χ0v) is 17.8. The van der Waals surface area contributed by atoms with E-state index in [1.807, 2.05) is 4.72 Å². The maximum absolute atomic E-state index is 13.3.